The summed E-state index contributed by atoms with van der Waals surface area (Å²) in [4.78, 5) is 26.5. The van der Waals surface area contributed by atoms with Crippen molar-refractivity contribution in [2.75, 3.05) is 6.61 Å². The van der Waals surface area contributed by atoms with Gasteiger partial charge < -0.3 is 9.84 Å². The molecule has 0 spiro atoms. The fourth-order valence-corrected chi connectivity index (χ4v) is 3.14. The molecule has 3 aromatic heterocycles. The Balaban J connectivity index is 1.63. The maximum atomic E-state index is 12.6. The van der Waals surface area contributed by atoms with Gasteiger partial charge in [-0.25, -0.2) is 4.98 Å². The highest BCUT2D eigenvalue weighted by Crippen LogP contribution is 2.25. The highest BCUT2D eigenvalue weighted by Gasteiger charge is 2.41. The lowest BCUT2D eigenvalue weighted by atomic mass is 10.3. The zero-order valence-corrected chi connectivity index (χ0v) is 14.6. The fourth-order valence-electron chi connectivity index (χ4n) is 2.49. The lowest BCUT2D eigenvalue weighted by Crippen LogP contribution is -2.24. The van der Waals surface area contributed by atoms with Crippen molar-refractivity contribution in [3.05, 3.63) is 45.3 Å². The number of rotatable bonds is 7. The summed E-state index contributed by atoms with van der Waals surface area (Å²) in [5, 5.41) is 10.9. The number of carbonyl (C=O) groups excluding carboxylic acids is 1. The number of ether oxygens (including phenoxy) is 1. The number of fused-ring (bicyclic) bond motifs is 1. The molecule has 11 heteroatoms. The monoisotopic (exact) mass is 401 g/mol. The van der Waals surface area contributed by atoms with Crippen LogP contribution in [0.1, 0.15) is 23.3 Å². The zero-order chi connectivity index (χ0) is 19.6. The van der Waals surface area contributed by atoms with Crippen LogP contribution in [0.25, 0.3) is 5.65 Å². The minimum atomic E-state index is -4.99. The van der Waals surface area contributed by atoms with Crippen LogP contribution in [0.3, 0.4) is 0 Å². The van der Waals surface area contributed by atoms with Gasteiger partial charge in [-0.3, -0.25) is 18.6 Å². The van der Waals surface area contributed by atoms with Gasteiger partial charge in [-0.15, -0.1) is 0 Å². The molecular weight excluding hydrogens is 387 g/mol. The number of Topliss-reactive ketones (excluding diaryl/α,β-unsaturated/α-hetero) is 1. The quantitative estimate of drug-likeness (QED) is 0.486. The molecular formula is C16H14F3N3O4S. The van der Waals surface area contributed by atoms with Crippen molar-refractivity contribution in [2.24, 2.45) is 0 Å². The summed E-state index contributed by atoms with van der Waals surface area (Å²) >= 11 is 0.907. The first-order valence-electron chi connectivity index (χ1n) is 7.86. The molecule has 1 N–H and O–H groups in total. The van der Waals surface area contributed by atoms with Crippen molar-refractivity contribution in [3.63, 3.8) is 0 Å². The van der Waals surface area contributed by atoms with Crippen molar-refractivity contribution >= 4 is 22.8 Å². The number of unbranched alkanes of at least 4 members (excludes halogenated alkanes) is 1. The van der Waals surface area contributed by atoms with E-state index in [4.69, 9.17) is 4.74 Å². The van der Waals surface area contributed by atoms with Gasteiger partial charge in [0.05, 0.1) is 18.2 Å². The Kier molecular flexibility index (Phi) is 5.22. The summed E-state index contributed by atoms with van der Waals surface area (Å²) in [6.07, 6.45) is -1.72. The molecule has 0 radical (unpaired) electrons. The number of pyridine rings is 1. The fraction of sp³-hybridized carbons (Fsp3) is 0.312. The van der Waals surface area contributed by atoms with E-state index < -0.39 is 17.7 Å². The van der Waals surface area contributed by atoms with Gasteiger partial charge in [0, 0.05) is 12.7 Å². The third-order valence-electron chi connectivity index (χ3n) is 3.79. The number of aromatic nitrogens is 3. The van der Waals surface area contributed by atoms with E-state index in [1.807, 2.05) is 0 Å². The minimum Gasteiger partial charge on any atom is -0.494 e. The molecule has 3 heterocycles. The van der Waals surface area contributed by atoms with Crippen LogP contribution in [0.4, 0.5) is 13.2 Å². The maximum Gasteiger partial charge on any atom is 0.456 e. The van der Waals surface area contributed by atoms with E-state index in [0.29, 0.717) is 19.4 Å². The van der Waals surface area contributed by atoms with Crippen LogP contribution < -0.4 is 9.61 Å². The van der Waals surface area contributed by atoms with Crippen LogP contribution in [-0.2, 0) is 6.54 Å². The van der Waals surface area contributed by atoms with E-state index in [-0.39, 0.29) is 28.8 Å². The van der Waals surface area contributed by atoms with Gasteiger partial charge >= 0.3 is 11.0 Å². The molecule has 3 rings (SSSR count). The van der Waals surface area contributed by atoms with E-state index in [2.05, 4.69) is 4.98 Å². The van der Waals surface area contributed by atoms with E-state index in [0.717, 1.165) is 21.9 Å². The van der Waals surface area contributed by atoms with Crippen molar-refractivity contribution in [1.82, 2.24) is 14.0 Å². The summed E-state index contributed by atoms with van der Waals surface area (Å²) in [5.41, 5.74) is -0.480. The molecule has 0 unspecified atom stereocenters. The third-order valence-corrected chi connectivity index (χ3v) is 4.54. The number of nitrogens with zero attached hydrogens (tertiary/aromatic N) is 3. The van der Waals surface area contributed by atoms with Crippen molar-refractivity contribution < 1.29 is 27.8 Å². The molecule has 144 valence electrons. The number of thiazole rings is 1. The molecule has 3 aromatic rings. The van der Waals surface area contributed by atoms with Crippen LogP contribution in [0, 0.1) is 0 Å². The van der Waals surface area contributed by atoms with Crippen molar-refractivity contribution in [1.29, 1.82) is 0 Å². The maximum absolute atomic E-state index is 12.6. The molecule has 0 aliphatic carbocycles. The molecule has 0 saturated carbocycles. The second-order valence-corrected chi connectivity index (χ2v) is 6.42. The van der Waals surface area contributed by atoms with Gasteiger partial charge in [0.2, 0.25) is 5.88 Å². The smallest absolute Gasteiger partial charge is 0.456 e. The predicted molar refractivity (Wildman–Crippen MR) is 90.6 cm³/mol. The van der Waals surface area contributed by atoms with Gasteiger partial charge in [-0.05, 0) is 25.0 Å². The number of carbonyl (C=O) groups is 1. The molecule has 0 aliphatic rings. The number of ketones is 1. The average Bonchev–Trinajstić information content (AvgIpc) is 3.18. The minimum absolute atomic E-state index is 0.0880. The number of hydrogen-bond acceptors (Lipinski definition) is 6. The van der Waals surface area contributed by atoms with Gasteiger partial charge in [-0.2, -0.15) is 13.2 Å². The second kappa shape index (κ2) is 7.43. The van der Waals surface area contributed by atoms with Crippen LogP contribution in [0.5, 0.6) is 11.6 Å². The molecule has 0 amide bonds. The summed E-state index contributed by atoms with van der Waals surface area (Å²) in [7, 11) is 0. The lowest BCUT2D eigenvalue weighted by Gasteiger charge is -2.09. The number of alkyl halides is 3. The Morgan fingerprint density at radius 3 is 2.78 bits per heavy atom. The molecule has 0 bridgehead atoms. The molecule has 0 saturated heterocycles. The zero-order valence-electron chi connectivity index (χ0n) is 13.8. The first-order chi connectivity index (χ1) is 12.8. The van der Waals surface area contributed by atoms with E-state index in [9.17, 15) is 27.9 Å². The third kappa shape index (κ3) is 3.97. The topological polar surface area (TPSA) is 85.8 Å². The standard InChI is InChI=1S/C16H14F3N3O4S/c17-16(18,19)13(24)10-8-20-14-11(4-3-6-21(10)14)26-7-2-1-5-22-12(23)9-27-15(22)25/h3-4,6,8-9,23H,1-2,5,7H2. The molecule has 27 heavy (non-hydrogen) atoms. The second-order valence-electron chi connectivity index (χ2n) is 5.60. The Morgan fingerprint density at radius 1 is 1.33 bits per heavy atom. The van der Waals surface area contributed by atoms with E-state index in [1.54, 1.807) is 6.07 Å². The summed E-state index contributed by atoms with van der Waals surface area (Å²) in [6, 6.07) is 3.00. The van der Waals surface area contributed by atoms with Crippen LogP contribution in [-0.4, -0.2) is 37.6 Å². The SMILES string of the molecule is O=C(c1cnc2c(OCCCCn3c(O)csc3=O)cccn12)C(F)(F)F. The molecule has 0 atom stereocenters. The normalized spacial score (nSPS) is 11.8. The number of halogens is 3. The molecule has 0 aromatic carbocycles. The molecule has 0 fully saturated rings. The van der Waals surface area contributed by atoms with E-state index >= 15 is 0 Å². The van der Waals surface area contributed by atoms with Crippen molar-refractivity contribution in [2.45, 2.75) is 25.6 Å². The van der Waals surface area contributed by atoms with Crippen molar-refractivity contribution in [3.8, 4) is 11.6 Å². The molecule has 7 nitrogen and oxygen atoms in total. The number of imidazole rings is 1. The summed E-state index contributed by atoms with van der Waals surface area (Å²) in [5.74, 6) is -1.82. The van der Waals surface area contributed by atoms with Crippen LogP contribution in [0.15, 0.2) is 34.7 Å². The number of aromatic hydroxyl groups is 1. The van der Waals surface area contributed by atoms with Gasteiger partial charge in [0.25, 0.3) is 5.78 Å². The van der Waals surface area contributed by atoms with Crippen LogP contribution >= 0.6 is 11.3 Å². The van der Waals surface area contributed by atoms with E-state index in [1.165, 1.54) is 22.2 Å². The number of hydrogen-bond donors (Lipinski definition) is 1. The summed E-state index contributed by atoms with van der Waals surface area (Å²) < 4.78 is 45.8. The van der Waals surface area contributed by atoms with Gasteiger partial charge in [-0.1, -0.05) is 11.3 Å². The Hall–Kier alpha value is -2.82. The van der Waals surface area contributed by atoms with Gasteiger partial charge in [0.15, 0.2) is 11.4 Å². The first kappa shape index (κ1) is 19.0. The Bertz CT molecular complexity index is 1020. The Morgan fingerprint density at radius 2 is 2.11 bits per heavy atom. The Labute approximate surface area is 154 Å². The largest absolute Gasteiger partial charge is 0.494 e. The summed E-state index contributed by atoms with van der Waals surface area (Å²) in [6.45, 7) is 0.560. The highest BCUT2D eigenvalue weighted by molar-refractivity contribution is 7.07. The lowest BCUT2D eigenvalue weighted by molar-refractivity contribution is -0.0888. The predicted octanol–water partition coefficient (Wildman–Crippen LogP) is 2.87. The highest BCUT2D eigenvalue weighted by atomic mass is 32.1. The first-order valence-corrected chi connectivity index (χ1v) is 8.74. The molecule has 0 aliphatic heterocycles. The average molecular weight is 401 g/mol. The van der Waals surface area contributed by atoms with Crippen LogP contribution in [0.2, 0.25) is 0 Å². The van der Waals surface area contributed by atoms with Gasteiger partial charge in [0.1, 0.15) is 5.69 Å².